The molecule has 20 heavy (non-hydrogen) atoms. The van der Waals surface area contributed by atoms with E-state index in [0.29, 0.717) is 13.2 Å². The molecule has 1 aromatic rings. The summed E-state index contributed by atoms with van der Waals surface area (Å²) in [6.07, 6.45) is 1.87. The van der Waals surface area contributed by atoms with E-state index >= 15 is 0 Å². The van der Waals surface area contributed by atoms with E-state index in [1.54, 1.807) is 14.2 Å². The van der Waals surface area contributed by atoms with Crippen molar-refractivity contribution in [2.24, 2.45) is 5.73 Å². The largest absolute Gasteiger partial charge is 0.464 e. The number of methoxy groups -OCH3 is 2. The van der Waals surface area contributed by atoms with Crippen molar-refractivity contribution in [2.75, 3.05) is 47.1 Å². The molecular formula is C15H28N2O3. The van der Waals surface area contributed by atoms with E-state index in [-0.39, 0.29) is 6.04 Å². The average Bonchev–Trinajstić information content (AvgIpc) is 2.94. The SMILES string of the molecule is CCc1ccc(C(CN)N(CCCOC)CCOC)o1. The molecule has 0 fully saturated rings. The Kier molecular flexibility index (Phi) is 8.53. The lowest BCUT2D eigenvalue weighted by molar-refractivity contribution is 0.0999. The Morgan fingerprint density at radius 1 is 1.20 bits per heavy atom. The summed E-state index contributed by atoms with van der Waals surface area (Å²) >= 11 is 0. The van der Waals surface area contributed by atoms with Gasteiger partial charge in [0, 0.05) is 46.9 Å². The molecule has 0 saturated heterocycles. The molecule has 1 unspecified atom stereocenters. The van der Waals surface area contributed by atoms with Gasteiger partial charge in [0.15, 0.2) is 0 Å². The van der Waals surface area contributed by atoms with Crippen molar-refractivity contribution in [1.82, 2.24) is 4.90 Å². The maximum Gasteiger partial charge on any atom is 0.122 e. The summed E-state index contributed by atoms with van der Waals surface area (Å²) in [5.74, 6) is 1.94. The molecule has 0 aliphatic carbocycles. The molecule has 1 aromatic heterocycles. The minimum Gasteiger partial charge on any atom is -0.464 e. The smallest absolute Gasteiger partial charge is 0.122 e. The zero-order valence-electron chi connectivity index (χ0n) is 12.9. The number of nitrogens with two attached hydrogens (primary N) is 1. The van der Waals surface area contributed by atoms with Crippen LogP contribution in [0.2, 0.25) is 0 Å². The standard InChI is InChI=1S/C15H28N2O3/c1-4-13-6-7-15(20-13)14(12-16)17(9-11-19-3)8-5-10-18-2/h6-7,14H,4-5,8-12,16H2,1-3H3. The van der Waals surface area contributed by atoms with Crippen LogP contribution in [0, 0.1) is 0 Å². The molecule has 0 aliphatic heterocycles. The number of rotatable bonds is 11. The van der Waals surface area contributed by atoms with Gasteiger partial charge in [-0.15, -0.1) is 0 Å². The van der Waals surface area contributed by atoms with Crippen LogP contribution in [0.15, 0.2) is 16.5 Å². The van der Waals surface area contributed by atoms with Gasteiger partial charge < -0.3 is 19.6 Å². The van der Waals surface area contributed by atoms with E-state index in [0.717, 1.165) is 44.1 Å². The number of nitrogens with zero attached hydrogens (tertiary/aromatic N) is 1. The van der Waals surface area contributed by atoms with Gasteiger partial charge in [-0.1, -0.05) is 6.92 Å². The van der Waals surface area contributed by atoms with Gasteiger partial charge >= 0.3 is 0 Å². The highest BCUT2D eigenvalue weighted by atomic mass is 16.5. The normalized spacial score (nSPS) is 13.1. The van der Waals surface area contributed by atoms with Crippen LogP contribution in [0.4, 0.5) is 0 Å². The molecule has 1 atom stereocenters. The monoisotopic (exact) mass is 284 g/mol. The van der Waals surface area contributed by atoms with Crippen molar-refractivity contribution in [1.29, 1.82) is 0 Å². The maximum absolute atomic E-state index is 5.96. The highest BCUT2D eigenvalue weighted by Gasteiger charge is 2.21. The van der Waals surface area contributed by atoms with Crippen molar-refractivity contribution in [2.45, 2.75) is 25.8 Å². The zero-order chi connectivity index (χ0) is 14.8. The van der Waals surface area contributed by atoms with Crippen molar-refractivity contribution in [3.63, 3.8) is 0 Å². The van der Waals surface area contributed by atoms with Gasteiger partial charge in [0.25, 0.3) is 0 Å². The quantitative estimate of drug-likeness (QED) is 0.628. The molecule has 5 nitrogen and oxygen atoms in total. The first kappa shape index (κ1) is 17.2. The summed E-state index contributed by atoms with van der Waals surface area (Å²) in [5, 5.41) is 0. The molecule has 0 aromatic carbocycles. The van der Waals surface area contributed by atoms with Crippen LogP contribution in [0.1, 0.15) is 30.9 Å². The molecule has 0 spiro atoms. The Morgan fingerprint density at radius 2 is 1.95 bits per heavy atom. The molecule has 5 heteroatoms. The molecule has 116 valence electrons. The lowest BCUT2D eigenvalue weighted by Crippen LogP contribution is -2.37. The fourth-order valence-electron chi connectivity index (χ4n) is 2.25. The number of aryl methyl sites for hydroxylation is 1. The van der Waals surface area contributed by atoms with Crippen LogP contribution >= 0.6 is 0 Å². The summed E-state index contributed by atoms with van der Waals surface area (Å²) in [7, 11) is 3.44. The van der Waals surface area contributed by atoms with Crippen molar-refractivity contribution >= 4 is 0 Å². The third-order valence-corrected chi connectivity index (χ3v) is 3.40. The average molecular weight is 284 g/mol. The molecule has 0 amide bonds. The van der Waals surface area contributed by atoms with Gasteiger partial charge in [0.05, 0.1) is 12.6 Å². The molecule has 0 radical (unpaired) electrons. The fourth-order valence-corrected chi connectivity index (χ4v) is 2.25. The van der Waals surface area contributed by atoms with Crippen LogP contribution in [-0.4, -0.2) is 52.0 Å². The molecule has 0 aliphatic rings. The lowest BCUT2D eigenvalue weighted by atomic mass is 10.1. The van der Waals surface area contributed by atoms with Gasteiger partial charge in [-0.05, 0) is 18.6 Å². The van der Waals surface area contributed by atoms with E-state index in [1.807, 2.05) is 12.1 Å². The first-order chi connectivity index (χ1) is 9.76. The molecule has 1 rings (SSSR count). The van der Waals surface area contributed by atoms with E-state index in [9.17, 15) is 0 Å². The molecular weight excluding hydrogens is 256 g/mol. The Hall–Kier alpha value is -0.880. The van der Waals surface area contributed by atoms with Crippen molar-refractivity contribution in [3.8, 4) is 0 Å². The summed E-state index contributed by atoms with van der Waals surface area (Å²) in [6.45, 7) is 5.81. The van der Waals surface area contributed by atoms with Gasteiger partial charge in [0.2, 0.25) is 0 Å². The van der Waals surface area contributed by atoms with Crippen LogP contribution in [-0.2, 0) is 15.9 Å². The Balaban J connectivity index is 2.71. The minimum absolute atomic E-state index is 0.0994. The van der Waals surface area contributed by atoms with E-state index < -0.39 is 0 Å². The van der Waals surface area contributed by atoms with Crippen molar-refractivity contribution in [3.05, 3.63) is 23.7 Å². The van der Waals surface area contributed by atoms with Crippen LogP contribution in [0.25, 0.3) is 0 Å². The van der Waals surface area contributed by atoms with Gasteiger partial charge in [0.1, 0.15) is 11.5 Å². The van der Waals surface area contributed by atoms with Crippen LogP contribution in [0.5, 0.6) is 0 Å². The Morgan fingerprint density at radius 3 is 2.50 bits per heavy atom. The second kappa shape index (κ2) is 9.94. The third kappa shape index (κ3) is 5.25. The molecule has 0 saturated carbocycles. The summed E-state index contributed by atoms with van der Waals surface area (Å²) in [4.78, 5) is 2.31. The first-order valence-electron chi connectivity index (χ1n) is 7.27. The lowest BCUT2D eigenvalue weighted by Gasteiger charge is -2.29. The predicted molar refractivity (Wildman–Crippen MR) is 79.8 cm³/mol. The topological polar surface area (TPSA) is 60.9 Å². The Labute approximate surface area is 122 Å². The van der Waals surface area contributed by atoms with E-state index in [1.165, 1.54) is 0 Å². The fraction of sp³-hybridized carbons (Fsp3) is 0.733. The van der Waals surface area contributed by atoms with E-state index in [4.69, 9.17) is 19.6 Å². The Bertz CT molecular complexity index is 355. The highest BCUT2D eigenvalue weighted by molar-refractivity contribution is 5.11. The number of hydrogen-bond donors (Lipinski definition) is 1. The number of furan rings is 1. The zero-order valence-corrected chi connectivity index (χ0v) is 12.9. The number of ether oxygens (including phenoxy) is 2. The third-order valence-electron chi connectivity index (χ3n) is 3.40. The number of hydrogen-bond acceptors (Lipinski definition) is 5. The van der Waals surface area contributed by atoms with Crippen LogP contribution in [0.3, 0.4) is 0 Å². The molecule has 2 N–H and O–H groups in total. The highest BCUT2D eigenvalue weighted by Crippen LogP contribution is 2.22. The predicted octanol–water partition coefficient (Wildman–Crippen LogP) is 1.83. The van der Waals surface area contributed by atoms with E-state index in [2.05, 4.69) is 11.8 Å². The van der Waals surface area contributed by atoms with Gasteiger partial charge in [-0.3, -0.25) is 4.90 Å². The second-order valence-electron chi connectivity index (χ2n) is 4.78. The van der Waals surface area contributed by atoms with Crippen LogP contribution < -0.4 is 5.73 Å². The molecule has 1 heterocycles. The summed E-state index contributed by atoms with van der Waals surface area (Å²) in [5.41, 5.74) is 5.96. The second-order valence-corrected chi connectivity index (χ2v) is 4.78. The summed E-state index contributed by atoms with van der Waals surface area (Å²) in [6, 6.07) is 4.16. The summed E-state index contributed by atoms with van der Waals surface area (Å²) < 4.78 is 16.2. The van der Waals surface area contributed by atoms with Crippen molar-refractivity contribution < 1.29 is 13.9 Å². The minimum atomic E-state index is 0.0994. The van der Waals surface area contributed by atoms with Gasteiger partial charge in [-0.2, -0.15) is 0 Å². The first-order valence-corrected chi connectivity index (χ1v) is 7.27. The van der Waals surface area contributed by atoms with Gasteiger partial charge in [-0.25, -0.2) is 0 Å². The molecule has 0 bridgehead atoms. The maximum atomic E-state index is 5.96.